The maximum Gasteiger partial charge on any atom is 0.389 e. The molecule has 0 aliphatic heterocycles. The van der Waals surface area contributed by atoms with Gasteiger partial charge in [-0.25, -0.2) is 8.42 Å². The minimum Gasteiger partial charge on any atom is -0.726 e. The van der Waals surface area contributed by atoms with Gasteiger partial charge < -0.3 is 4.55 Å². The fourth-order valence-electron chi connectivity index (χ4n) is 0.765. The normalized spacial score (nSPS) is 13.1. The van der Waals surface area contributed by atoms with E-state index in [1.54, 1.807) is 0 Å². The van der Waals surface area contributed by atoms with Gasteiger partial charge in [0.25, 0.3) is 0 Å². The van der Waals surface area contributed by atoms with E-state index in [0.29, 0.717) is 0 Å². The molecule has 0 saturated carbocycles. The van der Waals surface area contributed by atoms with Crippen LogP contribution in [0.1, 0.15) is 25.7 Å². The van der Waals surface area contributed by atoms with E-state index < -0.39 is 23.0 Å². The summed E-state index contributed by atoms with van der Waals surface area (Å²) in [4.78, 5) is 0. The Balaban J connectivity index is 3.32. The molecule has 0 amide bonds. The van der Waals surface area contributed by atoms with Gasteiger partial charge in [-0.15, -0.1) is 0 Å². The first kappa shape index (κ1) is 13.7. The molecule has 0 spiro atoms. The summed E-state index contributed by atoms with van der Waals surface area (Å²) in [6.45, 7) is -0.357. The molecular weight excluding hydrogens is 225 g/mol. The van der Waals surface area contributed by atoms with Gasteiger partial charge in [-0.3, -0.25) is 4.18 Å². The van der Waals surface area contributed by atoms with Crippen molar-refractivity contribution < 1.29 is 30.3 Å². The molecule has 86 valence electrons. The SMILES string of the molecule is O=S(=O)([O-])OCCCCCC(F)(F)F. The van der Waals surface area contributed by atoms with E-state index >= 15 is 0 Å². The lowest BCUT2D eigenvalue weighted by Crippen LogP contribution is -2.08. The van der Waals surface area contributed by atoms with Gasteiger partial charge in [0.15, 0.2) is 0 Å². The topological polar surface area (TPSA) is 66.4 Å². The molecule has 4 nitrogen and oxygen atoms in total. The molecule has 0 N–H and O–H groups in total. The third-order valence-corrected chi connectivity index (χ3v) is 1.79. The third-order valence-electron chi connectivity index (χ3n) is 1.33. The summed E-state index contributed by atoms with van der Waals surface area (Å²) < 4.78 is 68.1. The van der Waals surface area contributed by atoms with E-state index in [9.17, 15) is 26.1 Å². The molecule has 0 fully saturated rings. The quantitative estimate of drug-likeness (QED) is 0.398. The monoisotopic (exact) mass is 235 g/mol. The van der Waals surface area contributed by atoms with Crippen LogP contribution in [0.2, 0.25) is 0 Å². The Bertz CT molecular complexity index is 246. The molecule has 14 heavy (non-hydrogen) atoms. The minimum atomic E-state index is -4.71. The van der Waals surface area contributed by atoms with Crippen molar-refractivity contribution in [2.24, 2.45) is 0 Å². The van der Waals surface area contributed by atoms with Crippen molar-refractivity contribution in [2.45, 2.75) is 31.9 Å². The van der Waals surface area contributed by atoms with Crippen molar-refractivity contribution in [1.29, 1.82) is 0 Å². The summed E-state index contributed by atoms with van der Waals surface area (Å²) in [5.74, 6) is 0. The van der Waals surface area contributed by atoms with Crippen LogP contribution in [0.4, 0.5) is 13.2 Å². The number of unbranched alkanes of at least 4 members (excludes halogenated alkanes) is 2. The van der Waals surface area contributed by atoms with E-state index in [0.717, 1.165) is 0 Å². The maximum atomic E-state index is 11.6. The van der Waals surface area contributed by atoms with Gasteiger partial charge in [0.05, 0.1) is 6.61 Å². The molecule has 0 heterocycles. The molecule has 0 aromatic rings. The van der Waals surface area contributed by atoms with Gasteiger partial charge in [0, 0.05) is 6.42 Å². The van der Waals surface area contributed by atoms with Crippen molar-refractivity contribution >= 4 is 10.4 Å². The highest BCUT2D eigenvalue weighted by molar-refractivity contribution is 7.80. The average Bonchev–Trinajstić information content (AvgIpc) is 1.92. The van der Waals surface area contributed by atoms with Gasteiger partial charge in [-0.1, -0.05) is 6.42 Å². The van der Waals surface area contributed by atoms with Gasteiger partial charge in [0.2, 0.25) is 10.4 Å². The molecule has 0 aliphatic carbocycles. The Kier molecular flexibility index (Phi) is 5.38. The minimum absolute atomic E-state index is 0.0915. The van der Waals surface area contributed by atoms with E-state index in [2.05, 4.69) is 4.18 Å². The van der Waals surface area contributed by atoms with Crippen molar-refractivity contribution in [3.8, 4) is 0 Å². The number of hydrogen-bond acceptors (Lipinski definition) is 4. The van der Waals surface area contributed by atoms with Crippen molar-refractivity contribution in [3.63, 3.8) is 0 Å². The predicted octanol–water partition coefficient (Wildman–Crippen LogP) is 1.59. The van der Waals surface area contributed by atoms with Gasteiger partial charge in [-0.05, 0) is 12.8 Å². The summed E-state index contributed by atoms with van der Waals surface area (Å²) in [5.41, 5.74) is 0. The molecule has 0 aromatic carbocycles. The zero-order valence-corrected chi connectivity index (χ0v) is 8.03. The smallest absolute Gasteiger partial charge is 0.389 e. The summed E-state index contributed by atoms with van der Waals surface area (Å²) in [5, 5.41) is 0. The Morgan fingerprint density at radius 2 is 1.71 bits per heavy atom. The lowest BCUT2D eigenvalue weighted by atomic mass is 10.2. The molecule has 0 aliphatic rings. The van der Waals surface area contributed by atoms with Gasteiger partial charge in [-0.2, -0.15) is 13.2 Å². The van der Waals surface area contributed by atoms with Gasteiger partial charge >= 0.3 is 6.18 Å². The molecule has 0 radical (unpaired) electrons. The van der Waals surface area contributed by atoms with Crippen LogP contribution in [-0.2, 0) is 14.6 Å². The summed E-state index contributed by atoms with van der Waals surface area (Å²) in [6, 6.07) is 0. The van der Waals surface area contributed by atoms with E-state index in [1.165, 1.54) is 0 Å². The van der Waals surface area contributed by atoms with Crippen LogP contribution in [0.5, 0.6) is 0 Å². The molecule has 0 atom stereocenters. The molecule has 0 bridgehead atoms. The molecule has 0 saturated heterocycles. The van der Waals surface area contributed by atoms with Crippen LogP contribution in [0.15, 0.2) is 0 Å². The van der Waals surface area contributed by atoms with Gasteiger partial charge in [0.1, 0.15) is 0 Å². The molecule has 0 rings (SSSR count). The lowest BCUT2D eigenvalue weighted by molar-refractivity contribution is -0.135. The second kappa shape index (κ2) is 5.52. The Labute approximate surface area is 80.0 Å². The average molecular weight is 235 g/mol. The highest BCUT2D eigenvalue weighted by Gasteiger charge is 2.25. The van der Waals surface area contributed by atoms with Crippen molar-refractivity contribution in [1.82, 2.24) is 0 Å². The lowest BCUT2D eigenvalue weighted by Gasteiger charge is -2.08. The largest absolute Gasteiger partial charge is 0.726 e. The summed E-state index contributed by atoms with van der Waals surface area (Å²) in [6.07, 6.45) is -4.89. The third kappa shape index (κ3) is 11.7. The van der Waals surface area contributed by atoms with Crippen LogP contribution in [-0.4, -0.2) is 25.8 Å². The number of rotatable bonds is 6. The first-order chi connectivity index (χ1) is 6.21. The number of halogens is 3. The van der Waals surface area contributed by atoms with Crippen LogP contribution in [0, 0.1) is 0 Å². The van der Waals surface area contributed by atoms with Crippen molar-refractivity contribution in [3.05, 3.63) is 0 Å². The maximum absolute atomic E-state index is 11.6. The zero-order chi connectivity index (χ0) is 11.2. The Morgan fingerprint density at radius 3 is 2.14 bits per heavy atom. The summed E-state index contributed by atoms with van der Waals surface area (Å²) in [7, 11) is -4.71. The fourth-order valence-corrected chi connectivity index (χ4v) is 1.09. The molecule has 0 unspecified atom stereocenters. The number of alkyl halides is 3. The highest BCUT2D eigenvalue weighted by atomic mass is 32.3. The predicted molar refractivity (Wildman–Crippen MR) is 40.2 cm³/mol. The van der Waals surface area contributed by atoms with Crippen LogP contribution in [0.3, 0.4) is 0 Å². The van der Waals surface area contributed by atoms with Crippen LogP contribution in [0.25, 0.3) is 0 Å². The second-order valence-corrected chi connectivity index (χ2v) is 3.71. The Hall–Kier alpha value is -0.340. The van der Waals surface area contributed by atoms with Crippen LogP contribution >= 0.6 is 0 Å². The first-order valence-electron chi connectivity index (χ1n) is 3.88. The first-order valence-corrected chi connectivity index (χ1v) is 5.21. The summed E-state index contributed by atoms with van der Waals surface area (Å²) >= 11 is 0. The van der Waals surface area contributed by atoms with E-state index in [-0.39, 0.29) is 25.9 Å². The standard InChI is InChI=1S/C6H11F3O4S/c7-6(8,9)4-2-1-3-5-13-14(10,11)12/h1-5H2,(H,10,11,12)/p-1. The van der Waals surface area contributed by atoms with E-state index in [4.69, 9.17) is 0 Å². The molecule has 8 heteroatoms. The van der Waals surface area contributed by atoms with Crippen molar-refractivity contribution in [2.75, 3.05) is 6.61 Å². The fraction of sp³-hybridized carbons (Fsp3) is 1.00. The number of hydrogen-bond donors (Lipinski definition) is 0. The second-order valence-electron chi connectivity index (χ2n) is 2.66. The highest BCUT2D eigenvalue weighted by Crippen LogP contribution is 2.22. The van der Waals surface area contributed by atoms with E-state index in [1.807, 2.05) is 0 Å². The molecular formula is C6H10F3O4S-. The van der Waals surface area contributed by atoms with Crippen LogP contribution < -0.4 is 0 Å². The zero-order valence-electron chi connectivity index (χ0n) is 7.21. The molecule has 0 aromatic heterocycles. The Morgan fingerprint density at radius 1 is 1.14 bits per heavy atom.